The van der Waals surface area contributed by atoms with Crippen LogP contribution in [0.25, 0.3) is 0 Å². The summed E-state index contributed by atoms with van der Waals surface area (Å²) in [5.41, 5.74) is 0.722. The van der Waals surface area contributed by atoms with Crippen LogP contribution in [-0.4, -0.2) is 35.0 Å². The third-order valence-corrected chi connectivity index (χ3v) is 4.19. The molecule has 6 heteroatoms. The van der Waals surface area contributed by atoms with Crippen molar-refractivity contribution in [2.75, 3.05) is 18.2 Å². The van der Waals surface area contributed by atoms with Crippen LogP contribution in [0.3, 0.4) is 0 Å². The molecule has 106 valence electrons. The maximum absolute atomic E-state index is 13.9. The Morgan fingerprint density at radius 3 is 3.00 bits per heavy atom. The molecule has 1 amide bonds. The molecule has 1 fully saturated rings. The highest BCUT2D eigenvalue weighted by Crippen LogP contribution is 2.16. The molecule has 0 aliphatic carbocycles. The Kier molecular flexibility index (Phi) is 4.99. The molecule has 2 rings (SSSR count). The standard InChI is InChI=1S/C14H16FN3OS/c1-2-18(14(19)13-8-20-9-17-13)7-11-4-3-10(6-16)5-12(11)15/h3-5,13,17H,2,7-9H2,1H3. The Morgan fingerprint density at radius 1 is 1.65 bits per heavy atom. The summed E-state index contributed by atoms with van der Waals surface area (Å²) >= 11 is 1.68. The van der Waals surface area contributed by atoms with Crippen molar-refractivity contribution >= 4 is 17.7 Å². The monoisotopic (exact) mass is 293 g/mol. The van der Waals surface area contributed by atoms with Gasteiger partial charge >= 0.3 is 0 Å². The van der Waals surface area contributed by atoms with Gasteiger partial charge in [-0.1, -0.05) is 6.07 Å². The van der Waals surface area contributed by atoms with Crippen LogP contribution in [0.4, 0.5) is 4.39 Å². The number of nitriles is 1. The molecule has 0 radical (unpaired) electrons. The summed E-state index contributed by atoms with van der Waals surface area (Å²) in [6.07, 6.45) is 0. The van der Waals surface area contributed by atoms with E-state index in [1.807, 2.05) is 13.0 Å². The minimum absolute atomic E-state index is 0.00117. The Bertz CT molecular complexity index is 538. The predicted octanol–water partition coefficient (Wildman–Crippen LogP) is 1.71. The zero-order valence-corrected chi connectivity index (χ0v) is 12.0. The normalized spacial score (nSPS) is 17.8. The number of nitrogens with one attached hydrogen (secondary N) is 1. The van der Waals surface area contributed by atoms with Gasteiger partial charge in [0.1, 0.15) is 5.82 Å². The molecule has 1 heterocycles. The number of carbonyl (C=O) groups is 1. The number of nitrogens with zero attached hydrogens (tertiary/aromatic N) is 2. The molecule has 20 heavy (non-hydrogen) atoms. The van der Waals surface area contributed by atoms with Crippen molar-refractivity contribution < 1.29 is 9.18 Å². The number of carbonyl (C=O) groups excluding carboxylic acids is 1. The number of hydrogen-bond donors (Lipinski definition) is 1. The highest BCUT2D eigenvalue weighted by molar-refractivity contribution is 7.99. The average molecular weight is 293 g/mol. The molecule has 1 aliphatic heterocycles. The van der Waals surface area contributed by atoms with E-state index in [4.69, 9.17) is 5.26 Å². The zero-order chi connectivity index (χ0) is 14.5. The van der Waals surface area contributed by atoms with Crippen LogP contribution in [0.1, 0.15) is 18.1 Å². The lowest BCUT2D eigenvalue weighted by molar-refractivity contribution is -0.133. The van der Waals surface area contributed by atoms with Crippen molar-refractivity contribution in [3.63, 3.8) is 0 Å². The van der Waals surface area contributed by atoms with Gasteiger partial charge in [-0.2, -0.15) is 5.26 Å². The average Bonchev–Trinajstić information content (AvgIpc) is 2.99. The first kappa shape index (κ1) is 14.8. The Labute approximate surface area is 121 Å². The summed E-state index contributed by atoms with van der Waals surface area (Å²) in [4.78, 5) is 13.9. The summed E-state index contributed by atoms with van der Waals surface area (Å²) in [5, 5.41) is 11.8. The maximum atomic E-state index is 13.9. The maximum Gasteiger partial charge on any atom is 0.240 e. The summed E-state index contributed by atoms with van der Waals surface area (Å²) in [6, 6.07) is 6.06. The quantitative estimate of drug-likeness (QED) is 0.918. The zero-order valence-electron chi connectivity index (χ0n) is 11.2. The van der Waals surface area contributed by atoms with Crippen LogP contribution in [0.15, 0.2) is 18.2 Å². The number of likely N-dealkylation sites (N-methyl/N-ethyl adjacent to an activating group) is 1. The van der Waals surface area contributed by atoms with Gasteiger partial charge < -0.3 is 4.90 Å². The lowest BCUT2D eigenvalue weighted by atomic mass is 10.1. The number of benzene rings is 1. The van der Waals surface area contributed by atoms with Gasteiger partial charge in [-0.25, -0.2) is 4.39 Å². The van der Waals surface area contributed by atoms with E-state index in [1.54, 1.807) is 28.8 Å². The largest absolute Gasteiger partial charge is 0.337 e. The fourth-order valence-electron chi connectivity index (χ4n) is 2.07. The van der Waals surface area contributed by atoms with E-state index in [-0.39, 0.29) is 24.1 Å². The van der Waals surface area contributed by atoms with Gasteiger partial charge in [0, 0.05) is 30.3 Å². The van der Waals surface area contributed by atoms with Crippen molar-refractivity contribution in [2.24, 2.45) is 0 Å². The number of halogens is 1. The first-order valence-corrected chi connectivity index (χ1v) is 7.59. The molecule has 1 aromatic rings. The minimum Gasteiger partial charge on any atom is -0.337 e. The molecule has 0 spiro atoms. The van der Waals surface area contributed by atoms with Crippen molar-refractivity contribution in [2.45, 2.75) is 19.5 Å². The van der Waals surface area contributed by atoms with Crippen LogP contribution in [-0.2, 0) is 11.3 Å². The van der Waals surface area contributed by atoms with Crippen molar-refractivity contribution in [3.8, 4) is 6.07 Å². The van der Waals surface area contributed by atoms with Gasteiger partial charge in [-0.3, -0.25) is 10.1 Å². The molecule has 1 aliphatic rings. The molecule has 0 bridgehead atoms. The van der Waals surface area contributed by atoms with Crippen LogP contribution >= 0.6 is 11.8 Å². The smallest absolute Gasteiger partial charge is 0.240 e. The second kappa shape index (κ2) is 6.73. The molecular weight excluding hydrogens is 277 g/mol. The lowest BCUT2D eigenvalue weighted by Gasteiger charge is -2.24. The second-order valence-corrected chi connectivity index (χ2v) is 5.57. The van der Waals surface area contributed by atoms with E-state index in [2.05, 4.69) is 5.32 Å². The van der Waals surface area contributed by atoms with Gasteiger partial charge in [0.25, 0.3) is 0 Å². The molecule has 1 saturated heterocycles. The third-order valence-electron chi connectivity index (χ3n) is 3.25. The van der Waals surface area contributed by atoms with Crippen LogP contribution < -0.4 is 5.32 Å². The highest BCUT2D eigenvalue weighted by atomic mass is 32.2. The summed E-state index contributed by atoms with van der Waals surface area (Å²) < 4.78 is 13.9. The third kappa shape index (κ3) is 3.30. The van der Waals surface area contributed by atoms with E-state index < -0.39 is 5.82 Å². The summed E-state index contributed by atoms with van der Waals surface area (Å²) in [7, 11) is 0. The molecule has 1 unspecified atom stereocenters. The number of thioether (sulfide) groups is 1. The molecule has 1 atom stereocenters. The fourth-order valence-corrected chi connectivity index (χ4v) is 3.00. The van der Waals surface area contributed by atoms with E-state index in [1.165, 1.54) is 6.07 Å². The molecule has 0 aromatic heterocycles. The van der Waals surface area contributed by atoms with Crippen LogP contribution in [0, 0.1) is 17.1 Å². The van der Waals surface area contributed by atoms with Gasteiger partial charge in [-0.05, 0) is 19.1 Å². The highest BCUT2D eigenvalue weighted by Gasteiger charge is 2.26. The van der Waals surface area contributed by atoms with Crippen LogP contribution in [0.2, 0.25) is 0 Å². The van der Waals surface area contributed by atoms with Gasteiger partial charge in [0.15, 0.2) is 0 Å². The van der Waals surface area contributed by atoms with Crippen LogP contribution in [0.5, 0.6) is 0 Å². The SMILES string of the molecule is CCN(Cc1ccc(C#N)cc1F)C(=O)C1CSCN1. The Hall–Kier alpha value is -1.58. The fraction of sp³-hybridized carbons (Fsp3) is 0.429. The molecule has 1 N–H and O–H groups in total. The van der Waals surface area contributed by atoms with Gasteiger partial charge in [0.05, 0.1) is 17.7 Å². The molecule has 1 aromatic carbocycles. The Balaban J connectivity index is 2.10. The van der Waals surface area contributed by atoms with Crippen molar-refractivity contribution in [1.29, 1.82) is 5.26 Å². The first-order valence-electron chi connectivity index (χ1n) is 6.44. The lowest BCUT2D eigenvalue weighted by Crippen LogP contribution is -2.44. The molecule has 4 nitrogen and oxygen atoms in total. The molecular formula is C14H16FN3OS. The first-order chi connectivity index (χ1) is 9.65. The van der Waals surface area contributed by atoms with E-state index in [0.717, 1.165) is 11.6 Å². The van der Waals surface area contributed by atoms with E-state index >= 15 is 0 Å². The summed E-state index contributed by atoms with van der Waals surface area (Å²) in [5.74, 6) is 1.09. The van der Waals surface area contributed by atoms with Gasteiger partial charge in [-0.15, -0.1) is 11.8 Å². The number of amides is 1. The summed E-state index contributed by atoms with van der Waals surface area (Å²) in [6.45, 7) is 2.64. The van der Waals surface area contributed by atoms with E-state index in [9.17, 15) is 9.18 Å². The van der Waals surface area contributed by atoms with E-state index in [0.29, 0.717) is 12.1 Å². The Morgan fingerprint density at radius 2 is 2.45 bits per heavy atom. The molecule has 0 saturated carbocycles. The predicted molar refractivity (Wildman–Crippen MR) is 76.5 cm³/mol. The van der Waals surface area contributed by atoms with Gasteiger partial charge in [0.2, 0.25) is 5.91 Å². The number of hydrogen-bond acceptors (Lipinski definition) is 4. The number of rotatable bonds is 4. The second-order valence-electron chi connectivity index (χ2n) is 4.54. The minimum atomic E-state index is -0.441. The van der Waals surface area contributed by atoms with Crippen molar-refractivity contribution in [3.05, 3.63) is 35.1 Å². The van der Waals surface area contributed by atoms with Crippen molar-refractivity contribution in [1.82, 2.24) is 10.2 Å². The topological polar surface area (TPSA) is 56.1 Å².